The fraction of sp³-hybridized carbons (Fsp3) is 0.692. The Balaban J connectivity index is 2.19. The Bertz CT molecular complexity index is 395. The van der Waals surface area contributed by atoms with Gasteiger partial charge < -0.3 is 5.43 Å². The van der Waals surface area contributed by atoms with Crippen molar-refractivity contribution in [2.75, 3.05) is 11.2 Å². The van der Waals surface area contributed by atoms with Crippen molar-refractivity contribution in [1.82, 2.24) is 9.97 Å². The van der Waals surface area contributed by atoms with Crippen LogP contribution in [0.25, 0.3) is 0 Å². The topological polar surface area (TPSA) is 63.8 Å². The molecule has 0 fully saturated rings. The van der Waals surface area contributed by atoms with Gasteiger partial charge in [-0.1, -0.05) is 13.3 Å². The minimum atomic E-state index is 0.842. The standard InChI is InChI=1S/C13H22N4S/c1-2-8-18-9-12-15-11-7-5-3-4-6-10(11)13(16-12)17-14/h2-9,14H2,1H3,(H,15,16,17). The third kappa shape index (κ3) is 3.36. The highest BCUT2D eigenvalue weighted by Crippen LogP contribution is 2.25. The number of aryl methyl sites for hydroxylation is 1. The molecule has 0 bridgehead atoms. The van der Waals surface area contributed by atoms with Crippen LogP contribution < -0.4 is 11.3 Å². The number of aromatic nitrogens is 2. The van der Waals surface area contributed by atoms with Gasteiger partial charge in [0.05, 0.1) is 5.75 Å². The van der Waals surface area contributed by atoms with Gasteiger partial charge in [0.15, 0.2) is 0 Å². The molecule has 0 spiro atoms. The summed E-state index contributed by atoms with van der Waals surface area (Å²) in [5.74, 6) is 9.41. The molecular formula is C13H22N4S. The molecule has 0 saturated carbocycles. The maximum Gasteiger partial charge on any atom is 0.147 e. The quantitative estimate of drug-likeness (QED) is 0.371. The number of nitrogen functional groups attached to an aromatic ring is 1. The second kappa shape index (κ2) is 6.95. The lowest BCUT2D eigenvalue weighted by atomic mass is 10.1. The molecule has 0 saturated heterocycles. The molecule has 100 valence electrons. The molecule has 0 amide bonds. The Morgan fingerprint density at radius 3 is 2.83 bits per heavy atom. The van der Waals surface area contributed by atoms with Crippen molar-refractivity contribution in [3.8, 4) is 0 Å². The van der Waals surface area contributed by atoms with Crippen molar-refractivity contribution in [3.63, 3.8) is 0 Å². The first-order valence-electron chi connectivity index (χ1n) is 6.78. The number of hydrogen-bond donors (Lipinski definition) is 2. The molecule has 0 unspecified atom stereocenters. The molecule has 0 aromatic carbocycles. The van der Waals surface area contributed by atoms with E-state index in [-0.39, 0.29) is 0 Å². The average Bonchev–Trinajstić information content (AvgIpc) is 2.63. The summed E-state index contributed by atoms with van der Waals surface area (Å²) >= 11 is 1.89. The number of rotatable bonds is 5. The first-order chi connectivity index (χ1) is 8.85. The monoisotopic (exact) mass is 266 g/mol. The Morgan fingerprint density at radius 1 is 1.22 bits per heavy atom. The second-order valence-electron chi connectivity index (χ2n) is 4.67. The lowest BCUT2D eigenvalue weighted by molar-refractivity contribution is 0.708. The molecule has 1 aromatic rings. The molecule has 5 heteroatoms. The largest absolute Gasteiger partial charge is 0.308 e. The van der Waals surface area contributed by atoms with Crippen LogP contribution in [0, 0.1) is 0 Å². The van der Waals surface area contributed by atoms with Gasteiger partial charge in [-0.05, 0) is 37.9 Å². The van der Waals surface area contributed by atoms with Crippen LogP contribution in [0.1, 0.15) is 49.7 Å². The van der Waals surface area contributed by atoms with Crippen LogP contribution in [0.3, 0.4) is 0 Å². The predicted molar refractivity (Wildman–Crippen MR) is 77.6 cm³/mol. The molecule has 3 N–H and O–H groups in total. The first-order valence-corrected chi connectivity index (χ1v) is 7.93. The molecule has 18 heavy (non-hydrogen) atoms. The van der Waals surface area contributed by atoms with E-state index in [1.165, 1.54) is 36.9 Å². The number of nitrogens with zero attached hydrogens (tertiary/aromatic N) is 2. The van der Waals surface area contributed by atoms with Gasteiger partial charge >= 0.3 is 0 Å². The summed E-state index contributed by atoms with van der Waals surface area (Å²) in [6, 6.07) is 0. The number of nitrogens with two attached hydrogens (primary N) is 1. The summed E-state index contributed by atoms with van der Waals surface area (Å²) in [5.41, 5.74) is 5.20. The van der Waals surface area contributed by atoms with Crippen molar-refractivity contribution < 1.29 is 0 Å². The van der Waals surface area contributed by atoms with Gasteiger partial charge in [-0.3, -0.25) is 0 Å². The Kier molecular flexibility index (Phi) is 5.26. The summed E-state index contributed by atoms with van der Waals surface area (Å²) in [7, 11) is 0. The van der Waals surface area contributed by atoms with Crippen molar-refractivity contribution in [2.24, 2.45) is 5.84 Å². The number of hydrazine groups is 1. The van der Waals surface area contributed by atoms with Crippen LogP contribution in [-0.2, 0) is 18.6 Å². The van der Waals surface area contributed by atoms with Gasteiger partial charge in [0.2, 0.25) is 0 Å². The molecule has 0 aliphatic heterocycles. The summed E-state index contributed by atoms with van der Waals surface area (Å²) in [4.78, 5) is 9.28. The highest BCUT2D eigenvalue weighted by atomic mass is 32.2. The molecule has 0 atom stereocenters. The summed E-state index contributed by atoms with van der Waals surface area (Å²) in [5, 5.41) is 0. The van der Waals surface area contributed by atoms with E-state index in [4.69, 9.17) is 10.8 Å². The second-order valence-corrected chi connectivity index (χ2v) is 5.78. The Morgan fingerprint density at radius 2 is 2.06 bits per heavy atom. The molecule has 4 nitrogen and oxygen atoms in total. The lowest BCUT2D eigenvalue weighted by Crippen LogP contribution is -2.15. The summed E-state index contributed by atoms with van der Waals surface area (Å²) in [6.07, 6.45) is 7.04. The summed E-state index contributed by atoms with van der Waals surface area (Å²) < 4.78 is 0. The van der Waals surface area contributed by atoms with Gasteiger partial charge in [-0.15, -0.1) is 0 Å². The van der Waals surface area contributed by atoms with Crippen molar-refractivity contribution in [1.29, 1.82) is 0 Å². The molecule has 1 aliphatic rings. The fourth-order valence-electron chi connectivity index (χ4n) is 2.31. The Hall–Kier alpha value is -0.810. The molecular weight excluding hydrogens is 244 g/mol. The number of thioether (sulfide) groups is 1. The SMILES string of the molecule is CCCSCc1nc2c(c(NN)n1)CCCCC2. The van der Waals surface area contributed by atoms with E-state index in [0.29, 0.717) is 0 Å². The van der Waals surface area contributed by atoms with Gasteiger partial charge in [-0.25, -0.2) is 15.8 Å². The normalized spacial score (nSPS) is 15.0. The highest BCUT2D eigenvalue weighted by molar-refractivity contribution is 7.98. The zero-order valence-corrected chi connectivity index (χ0v) is 11.9. The van der Waals surface area contributed by atoms with Crippen molar-refractivity contribution in [2.45, 2.75) is 51.2 Å². The number of hydrogen-bond acceptors (Lipinski definition) is 5. The van der Waals surface area contributed by atoms with E-state index in [9.17, 15) is 0 Å². The highest BCUT2D eigenvalue weighted by Gasteiger charge is 2.16. The third-order valence-corrected chi connectivity index (χ3v) is 4.36. The zero-order valence-electron chi connectivity index (χ0n) is 11.0. The molecule has 2 rings (SSSR count). The van der Waals surface area contributed by atoms with Crippen LogP contribution in [0.15, 0.2) is 0 Å². The molecule has 1 aliphatic carbocycles. The fourth-order valence-corrected chi connectivity index (χ4v) is 3.06. The third-order valence-electron chi connectivity index (χ3n) is 3.20. The minimum absolute atomic E-state index is 0.842. The number of nitrogens with one attached hydrogen (secondary N) is 1. The maximum absolute atomic E-state index is 5.60. The zero-order chi connectivity index (χ0) is 12.8. The first kappa shape index (κ1) is 13.6. The van der Waals surface area contributed by atoms with E-state index < -0.39 is 0 Å². The van der Waals surface area contributed by atoms with E-state index in [2.05, 4.69) is 17.3 Å². The van der Waals surface area contributed by atoms with Gasteiger partial charge in [0.25, 0.3) is 0 Å². The molecule has 1 aromatic heterocycles. The van der Waals surface area contributed by atoms with Crippen LogP contribution in [-0.4, -0.2) is 15.7 Å². The van der Waals surface area contributed by atoms with E-state index in [1.807, 2.05) is 11.8 Å². The van der Waals surface area contributed by atoms with Crippen LogP contribution in [0.2, 0.25) is 0 Å². The van der Waals surface area contributed by atoms with Gasteiger partial charge in [0, 0.05) is 11.3 Å². The maximum atomic E-state index is 5.60. The van der Waals surface area contributed by atoms with Crippen molar-refractivity contribution >= 4 is 17.6 Å². The lowest BCUT2D eigenvalue weighted by Gasteiger charge is -2.12. The van der Waals surface area contributed by atoms with Crippen LogP contribution in [0.4, 0.5) is 5.82 Å². The minimum Gasteiger partial charge on any atom is -0.308 e. The molecule has 0 radical (unpaired) electrons. The Labute approximate surface area is 113 Å². The molecule has 1 heterocycles. The van der Waals surface area contributed by atoms with E-state index in [1.54, 1.807) is 0 Å². The average molecular weight is 266 g/mol. The number of anilines is 1. The van der Waals surface area contributed by atoms with Crippen molar-refractivity contribution in [3.05, 3.63) is 17.1 Å². The van der Waals surface area contributed by atoms with Gasteiger partial charge in [0.1, 0.15) is 11.6 Å². The summed E-state index contributed by atoms with van der Waals surface area (Å²) in [6.45, 7) is 2.19. The van der Waals surface area contributed by atoms with E-state index >= 15 is 0 Å². The smallest absolute Gasteiger partial charge is 0.147 e. The predicted octanol–water partition coefficient (Wildman–Crippen LogP) is 2.67. The van der Waals surface area contributed by atoms with E-state index in [0.717, 1.165) is 36.0 Å². The number of fused-ring (bicyclic) bond motifs is 1. The van der Waals surface area contributed by atoms with Gasteiger partial charge in [-0.2, -0.15) is 11.8 Å². The van der Waals surface area contributed by atoms with Crippen LogP contribution >= 0.6 is 11.8 Å². The van der Waals surface area contributed by atoms with Crippen LogP contribution in [0.5, 0.6) is 0 Å².